The van der Waals surface area contributed by atoms with Gasteiger partial charge in [-0.25, -0.2) is 0 Å². The number of nitrogens with zero attached hydrogens (tertiary/aromatic N) is 4. The molecule has 29 heavy (non-hydrogen) atoms. The summed E-state index contributed by atoms with van der Waals surface area (Å²) in [6, 6.07) is 9.43. The van der Waals surface area contributed by atoms with Crippen molar-refractivity contribution in [1.82, 2.24) is 14.8 Å². The smallest absolute Gasteiger partial charge is 0.121 e. The van der Waals surface area contributed by atoms with Crippen LogP contribution in [0.1, 0.15) is 18.4 Å². The van der Waals surface area contributed by atoms with Crippen LogP contribution in [0.25, 0.3) is 0 Å². The molecule has 3 heterocycles. The van der Waals surface area contributed by atoms with E-state index in [-0.39, 0.29) is 6.10 Å². The molecule has 0 atom stereocenters. The van der Waals surface area contributed by atoms with Crippen molar-refractivity contribution < 1.29 is 4.74 Å². The molecule has 1 saturated heterocycles. The lowest BCUT2D eigenvalue weighted by Crippen LogP contribution is -2.41. The van der Waals surface area contributed by atoms with E-state index in [1.165, 1.54) is 0 Å². The fourth-order valence-corrected chi connectivity index (χ4v) is 3.84. The number of ether oxygens (including phenoxy) is 1. The maximum absolute atomic E-state index is 6.07. The molecule has 2 aromatic rings. The van der Waals surface area contributed by atoms with Gasteiger partial charge in [0, 0.05) is 56.4 Å². The molecule has 0 saturated carbocycles. The highest BCUT2D eigenvalue weighted by Gasteiger charge is 2.21. The maximum atomic E-state index is 6.07. The van der Waals surface area contributed by atoms with Crippen molar-refractivity contribution in [2.75, 3.05) is 32.8 Å². The van der Waals surface area contributed by atoms with Gasteiger partial charge in [0.25, 0.3) is 0 Å². The van der Waals surface area contributed by atoms with E-state index in [4.69, 9.17) is 27.9 Å². The molecule has 2 aliphatic rings. The molecule has 0 radical (unpaired) electrons. The number of likely N-dealkylation sites (tertiary alicyclic amines) is 1. The van der Waals surface area contributed by atoms with Gasteiger partial charge in [-0.2, -0.15) is 0 Å². The molecule has 1 aromatic carbocycles. The minimum atomic E-state index is 0.227. The van der Waals surface area contributed by atoms with Crippen molar-refractivity contribution in [3.63, 3.8) is 0 Å². The SMILES string of the molecule is Clc1ccc(OC2CCN(CCN3C=CC(c4cccnc4)=NC3)CC2)cc1Cl. The second kappa shape index (κ2) is 9.61. The second-order valence-corrected chi connectivity index (χ2v) is 8.10. The number of allylic oxidation sites excluding steroid dienone is 1. The van der Waals surface area contributed by atoms with Crippen LogP contribution in [0.5, 0.6) is 5.75 Å². The molecule has 1 aromatic heterocycles. The number of benzene rings is 1. The first kappa shape index (κ1) is 20.2. The summed E-state index contributed by atoms with van der Waals surface area (Å²) in [6.45, 7) is 4.76. The highest BCUT2D eigenvalue weighted by atomic mass is 35.5. The zero-order valence-corrected chi connectivity index (χ0v) is 17.7. The van der Waals surface area contributed by atoms with Gasteiger partial charge in [-0.15, -0.1) is 0 Å². The van der Waals surface area contributed by atoms with E-state index in [1.807, 2.05) is 24.4 Å². The number of aromatic nitrogens is 1. The molecule has 7 heteroatoms. The molecular formula is C22H24Cl2N4O. The standard InChI is InChI=1S/C22H24Cl2N4O/c23-20-4-3-19(14-21(20)24)29-18-5-9-27(10-6-18)12-13-28-11-7-22(26-16-28)17-2-1-8-25-15-17/h1-4,7-8,11,14-15,18H,5-6,9-10,12-13,16H2. The van der Waals surface area contributed by atoms with Crippen LogP contribution in [0.4, 0.5) is 0 Å². The Bertz CT molecular complexity index is 880. The van der Waals surface area contributed by atoms with Crippen LogP contribution in [0.3, 0.4) is 0 Å². The Morgan fingerprint density at radius 1 is 1.07 bits per heavy atom. The highest BCUT2D eigenvalue weighted by Crippen LogP contribution is 2.28. The van der Waals surface area contributed by atoms with Gasteiger partial charge >= 0.3 is 0 Å². The van der Waals surface area contributed by atoms with E-state index >= 15 is 0 Å². The van der Waals surface area contributed by atoms with Crippen molar-refractivity contribution in [2.45, 2.75) is 18.9 Å². The molecule has 0 unspecified atom stereocenters. The Morgan fingerprint density at radius 2 is 1.93 bits per heavy atom. The molecule has 0 bridgehead atoms. The van der Waals surface area contributed by atoms with Crippen LogP contribution in [0.2, 0.25) is 10.0 Å². The van der Waals surface area contributed by atoms with E-state index in [9.17, 15) is 0 Å². The van der Waals surface area contributed by atoms with E-state index in [0.29, 0.717) is 16.7 Å². The zero-order valence-electron chi connectivity index (χ0n) is 16.2. The van der Waals surface area contributed by atoms with Crippen LogP contribution in [-0.4, -0.2) is 59.4 Å². The summed E-state index contributed by atoms with van der Waals surface area (Å²) >= 11 is 12.0. The molecule has 4 rings (SSSR count). The van der Waals surface area contributed by atoms with Crippen LogP contribution >= 0.6 is 23.2 Å². The zero-order chi connectivity index (χ0) is 20.1. The number of rotatable bonds is 6. The van der Waals surface area contributed by atoms with Gasteiger partial charge in [0.2, 0.25) is 0 Å². The monoisotopic (exact) mass is 430 g/mol. The minimum absolute atomic E-state index is 0.227. The van der Waals surface area contributed by atoms with Gasteiger partial charge in [-0.05, 0) is 43.2 Å². The Balaban J connectivity index is 1.18. The first-order valence-corrected chi connectivity index (χ1v) is 10.6. The van der Waals surface area contributed by atoms with E-state index < -0.39 is 0 Å². The van der Waals surface area contributed by atoms with Crippen molar-refractivity contribution in [3.05, 3.63) is 70.6 Å². The second-order valence-electron chi connectivity index (χ2n) is 7.29. The Hall–Kier alpha value is -2.08. The molecule has 1 fully saturated rings. The van der Waals surface area contributed by atoms with Crippen molar-refractivity contribution in [1.29, 1.82) is 0 Å². The van der Waals surface area contributed by atoms with Gasteiger partial charge in [0.05, 0.1) is 15.8 Å². The number of aliphatic imine (C=N–C) groups is 1. The molecule has 5 nitrogen and oxygen atoms in total. The third-order valence-electron chi connectivity index (χ3n) is 5.26. The molecule has 152 valence electrons. The van der Waals surface area contributed by atoms with Gasteiger partial charge in [-0.3, -0.25) is 9.98 Å². The summed E-state index contributed by atoms with van der Waals surface area (Å²) in [4.78, 5) is 13.6. The Labute approximate surface area is 181 Å². The first-order chi connectivity index (χ1) is 14.2. The molecular weight excluding hydrogens is 407 g/mol. The number of hydrogen-bond acceptors (Lipinski definition) is 5. The third kappa shape index (κ3) is 5.50. The molecule has 0 aliphatic carbocycles. The lowest BCUT2D eigenvalue weighted by molar-refractivity contribution is 0.0964. The van der Waals surface area contributed by atoms with Gasteiger partial charge in [0.15, 0.2) is 0 Å². The lowest BCUT2D eigenvalue weighted by atomic mass is 10.1. The van der Waals surface area contributed by atoms with Gasteiger partial charge < -0.3 is 14.5 Å². The third-order valence-corrected chi connectivity index (χ3v) is 5.99. The molecule has 0 amide bonds. The van der Waals surface area contributed by atoms with Crippen LogP contribution in [-0.2, 0) is 0 Å². The summed E-state index contributed by atoms with van der Waals surface area (Å²) in [6.07, 6.45) is 10.1. The normalized spacial score (nSPS) is 18.0. The Kier molecular flexibility index (Phi) is 6.70. The summed E-state index contributed by atoms with van der Waals surface area (Å²) in [5.41, 5.74) is 2.06. The van der Waals surface area contributed by atoms with Crippen LogP contribution in [0, 0.1) is 0 Å². The summed E-state index contributed by atoms with van der Waals surface area (Å²) < 4.78 is 6.07. The Morgan fingerprint density at radius 3 is 2.62 bits per heavy atom. The average molecular weight is 431 g/mol. The molecule has 0 spiro atoms. The molecule has 2 aliphatic heterocycles. The predicted octanol–water partition coefficient (Wildman–Crippen LogP) is 4.51. The summed E-state index contributed by atoms with van der Waals surface area (Å²) in [5, 5.41) is 1.09. The quantitative estimate of drug-likeness (QED) is 0.675. The number of pyridine rings is 1. The van der Waals surface area contributed by atoms with Gasteiger partial charge in [-0.1, -0.05) is 23.2 Å². The van der Waals surface area contributed by atoms with Crippen molar-refractivity contribution >= 4 is 28.9 Å². The fraction of sp³-hybridized carbons (Fsp3) is 0.364. The van der Waals surface area contributed by atoms with Crippen LogP contribution in [0.15, 0.2) is 60.0 Å². The topological polar surface area (TPSA) is 41.0 Å². The first-order valence-electron chi connectivity index (χ1n) is 9.88. The van der Waals surface area contributed by atoms with E-state index in [1.54, 1.807) is 18.3 Å². The van der Waals surface area contributed by atoms with Crippen molar-refractivity contribution in [2.24, 2.45) is 4.99 Å². The lowest BCUT2D eigenvalue weighted by Gasteiger charge is -2.33. The van der Waals surface area contributed by atoms with Gasteiger partial charge in [0.1, 0.15) is 18.5 Å². The van der Waals surface area contributed by atoms with E-state index in [0.717, 1.165) is 56.0 Å². The van der Waals surface area contributed by atoms with Crippen LogP contribution < -0.4 is 4.74 Å². The predicted molar refractivity (Wildman–Crippen MR) is 118 cm³/mol. The minimum Gasteiger partial charge on any atom is -0.490 e. The van der Waals surface area contributed by atoms with Crippen molar-refractivity contribution in [3.8, 4) is 5.75 Å². The summed E-state index contributed by atoms with van der Waals surface area (Å²) in [7, 11) is 0. The van der Waals surface area contributed by atoms with E-state index in [2.05, 4.69) is 32.1 Å². The maximum Gasteiger partial charge on any atom is 0.121 e. The largest absolute Gasteiger partial charge is 0.490 e. The number of hydrogen-bond donors (Lipinski definition) is 0. The number of halogens is 2. The number of piperidine rings is 1. The summed E-state index contributed by atoms with van der Waals surface area (Å²) in [5.74, 6) is 0.790. The average Bonchev–Trinajstić information content (AvgIpc) is 2.77. The molecule has 0 N–H and O–H groups in total. The fourth-order valence-electron chi connectivity index (χ4n) is 3.55. The highest BCUT2D eigenvalue weighted by molar-refractivity contribution is 6.42.